The van der Waals surface area contributed by atoms with Crippen LogP contribution in [0.3, 0.4) is 0 Å². The minimum Gasteiger partial charge on any atom is -0.355 e. The van der Waals surface area contributed by atoms with Crippen LogP contribution >= 0.6 is 0 Å². The summed E-state index contributed by atoms with van der Waals surface area (Å²) in [5.41, 5.74) is -0.405. The molecule has 1 amide bonds. The van der Waals surface area contributed by atoms with E-state index in [4.69, 9.17) is 0 Å². The van der Waals surface area contributed by atoms with Crippen molar-refractivity contribution in [3.8, 4) is 0 Å². The van der Waals surface area contributed by atoms with Crippen molar-refractivity contribution in [2.45, 2.75) is 33.2 Å². The Kier molecular flexibility index (Phi) is 5.23. The third-order valence-corrected chi connectivity index (χ3v) is 2.78. The van der Waals surface area contributed by atoms with Gasteiger partial charge in [0.25, 0.3) is 11.2 Å². The van der Waals surface area contributed by atoms with E-state index < -0.39 is 10.5 Å². The lowest BCUT2D eigenvalue weighted by Gasteiger charge is -2.10. The van der Waals surface area contributed by atoms with E-state index in [0.717, 1.165) is 29.5 Å². The zero-order valence-electron chi connectivity index (χ0n) is 11.0. The average Bonchev–Trinajstić information content (AvgIpc) is 2.34. The highest BCUT2D eigenvalue weighted by atomic mass is 16.6. The van der Waals surface area contributed by atoms with Gasteiger partial charge >= 0.3 is 0 Å². The SMILES string of the molecule is CCCCNC(=O)Cn1c(C)c([N+](=O)[O-])ccc1=O. The molecule has 0 spiro atoms. The number of aromatic nitrogens is 1. The Labute approximate surface area is 110 Å². The van der Waals surface area contributed by atoms with Crippen LogP contribution in [0.4, 0.5) is 5.69 Å². The van der Waals surface area contributed by atoms with Crippen molar-refractivity contribution in [3.05, 3.63) is 38.3 Å². The van der Waals surface area contributed by atoms with Gasteiger partial charge in [0.15, 0.2) is 0 Å². The lowest BCUT2D eigenvalue weighted by Crippen LogP contribution is -2.33. The Morgan fingerprint density at radius 1 is 1.47 bits per heavy atom. The molecular weight excluding hydrogens is 250 g/mol. The molecule has 0 bridgehead atoms. The van der Waals surface area contributed by atoms with Crippen molar-refractivity contribution >= 4 is 11.6 Å². The standard InChI is InChI=1S/C12H17N3O4/c1-3-4-7-13-11(16)8-14-9(2)10(15(18)19)5-6-12(14)17/h5-6H,3-4,7-8H2,1-2H3,(H,13,16). The first kappa shape index (κ1) is 14.9. The van der Waals surface area contributed by atoms with Crippen LogP contribution in [-0.4, -0.2) is 21.9 Å². The van der Waals surface area contributed by atoms with Gasteiger partial charge in [-0.15, -0.1) is 0 Å². The van der Waals surface area contributed by atoms with Gasteiger partial charge in [0, 0.05) is 18.7 Å². The van der Waals surface area contributed by atoms with E-state index in [1.165, 1.54) is 6.92 Å². The fraction of sp³-hybridized carbons (Fsp3) is 0.500. The number of hydrogen-bond acceptors (Lipinski definition) is 4. The van der Waals surface area contributed by atoms with Gasteiger partial charge in [0.05, 0.1) is 10.6 Å². The smallest absolute Gasteiger partial charge is 0.288 e. The molecule has 0 radical (unpaired) electrons. The molecule has 0 saturated carbocycles. The van der Waals surface area contributed by atoms with Crippen LogP contribution in [0, 0.1) is 17.0 Å². The van der Waals surface area contributed by atoms with Crippen molar-refractivity contribution in [1.82, 2.24) is 9.88 Å². The number of pyridine rings is 1. The molecule has 0 atom stereocenters. The molecule has 19 heavy (non-hydrogen) atoms. The number of rotatable bonds is 6. The van der Waals surface area contributed by atoms with Crippen molar-refractivity contribution in [2.24, 2.45) is 0 Å². The molecule has 0 aliphatic carbocycles. The fourth-order valence-electron chi connectivity index (χ4n) is 1.66. The lowest BCUT2D eigenvalue weighted by molar-refractivity contribution is -0.386. The first-order valence-electron chi connectivity index (χ1n) is 6.09. The molecule has 1 heterocycles. The van der Waals surface area contributed by atoms with E-state index in [2.05, 4.69) is 5.32 Å². The molecule has 7 heteroatoms. The number of nitro groups is 1. The van der Waals surface area contributed by atoms with Crippen LogP contribution in [0.1, 0.15) is 25.5 Å². The number of unbranched alkanes of at least 4 members (excludes halogenated alkanes) is 1. The number of amides is 1. The Morgan fingerprint density at radius 3 is 2.74 bits per heavy atom. The summed E-state index contributed by atoms with van der Waals surface area (Å²) in [6, 6.07) is 2.26. The van der Waals surface area contributed by atoms with Gasteiger partial charge in [-0.05, 0) is 13.3 Å². The van der Waals surface area contributed by atoms with Gasteiger partial charge in [-0.25, -0.2) is 0 Å². The van der Waals surface area contributed by atoms with Gasteiger partial charge < -0.3 is 5.32 Å². The van der Waals surface area contributed by atoms with Crippen LogP contribution in [0.25, 0.3) is 0 Å². The minimum atomic E-state index is -0.569. The Balaban J connectivity index is 2.89. The van der Waals surface area contributed by atoms with Gasteiger partial charge in [-0.2, -0.15) is 0 Å². The third-order valence-electron chi connectivity index (χ3n) is 2.78. The first-order valence-corrected chi connectivity index (χ1v) is 6.09. The summed E-state index contributed by atoms with van der Waals surface area (Å²) >= 11 is 0. The summed E-state index contributed by atoms with van der Waals surface area (Å²) in [6.07, 6.45) is 1.81. The highest BCUT2D eigenvalue weighted by Gasteiger charge is 2.16. The van der Waals surface area contributed by atoms with Crippen LogP contribution in [0.15, 0.2) is 16.9 Å². The number of hydrogen-bond donors (Lipinski definition) is 1. The summed E-state index contributed by atoms with van der Waals surface area (Å²) in [5.74, 6) is -0.320. The van der Waals surface area contributed by atoms with E-state index in [1.807, 2.05) is 6.92 Å². The minimum absolute atomic E-state index is 0.166. The second kappa shape index (κ2) is 6.67. The fourth-order valence-corrected chi connectivity index (χ4v) is 1.66. The molecular formula is C12H17N3O4. The van der Waals surface area contributed by atoms with E-state index in [0.29, 0.717) is 6.54 Å². The maximum Gasteiger partial charge on any atom is 0.288 e. The van der Waals surface area contributed by atoms with E-state index in [1.54, 1.807) is 0 Å². The largest absolute Gasteiger partial charge is 0.355 e. The summed E-state index contributed by atoms with van der Waals surface area (Å²) in [4.78, 5) is 33.5. The predicted octanol–water partition coefficient (Wildman–Crippen LogP) is 0.981. The number of nitrogens with one attached hydrogen (secondary N) is 1. The Morgan fingerprint density at radius 2 is 2.16 bits per heavy atom. The van der Waals surface area contributed by atoms with Crippen LogP contribution in [-0.2, 0) is 11.3 Å². The quantitative estimate of drug-likeness (QED) is 0.472. The molecule has 1 aromatic heterocycles. The van der Waals surface area contributed by atoms with Crippen LogP contribution in [0.5, 0.6) is 0 Å². The summed E-state index contributed by atoms with van der Waals surface area (Å²) in [6.45, 7) is 3.80. The summed E-state index contributed by atoms with van der Waals surface area (Å²) in [5, 5.41) is 13.4. The van der Waals surface area contributed by atoms with Crippen molar-refractivity contribution in [1.29, 1.82) is 0 Å². The third kappa shape index (κ3) is 3.90. The summed E-state index contributed by atoms with van der Waals surface area (Å²) < 4.78 is 1.11. The average molecular weight is 267 g/mol. The van der Waals surface area contributed by atoms with Gasteiger partial charge in [-0.1, -0.05) is 13.3 Å². The van der Waals surface area contributed by atoms with E-state index >= 15 is 0 Å². The topological polar surface area (TPSA) is 94.2 Å². The number of carbonyl (C=O) groups excluding carboxylic acids is 1. The molecule has 0 aliphatic heterocycles. The maximum atomic E-state index is 11.6. The molecule has 0 saturated heterocycles. The molecule has 0 aliphatic rings. The molecule has 104 valence electrons. The second-order valence-corrected chi connectivity index (χ2v) is 4.19. The highest BCUT2D eigenvalue weighted by molar-refractivity contribution is 5.75. The van der Waals surface area contributed by atoms with E-state index in [9.17, 15) is 19.7 Å². The molecule has 0 aromatic carbocycles. The lowest BCUT2D eigenvalue weighted by atomic mass is 10.3. The van der Waals surface area contributed by atoms with Crippen molar-refractivity contribution in [2.75, 3.05) is 6.54 Å². The predicted molar refractivity (Wildman–Crippen MR) is 70.0 cm³/mol. The molecule has 0 unspecified atom stereocenters. The van der Waals surface area contributed by atoms with Gasteiger partial charge in [0.2, 0.25) is 5.91 Å². The first-order chi connectivity index (χ1) is 8.97. The van der Waals surface area contributed by atoms with Crippen molar-refractivity contribution < 1.29 is 9.72 Å². The Hall–Kier alpha value is -2.18. The zero-order chi connectivity index (χ0) is 14.4. The molecule has 1 aromatic rings. The second-order valence-electron chi connectivity index (χ2n) is 4.19. The number of carbonyl (C=O) groups is 1. The van der Waals surface area contributed by atoms with Gasteiger partial charge in [-0.3, -0.25) is 24.3 Å². The molecule has 1 N–H and O–H groups in total. The molecule has 7 nitrogen and oxygen atoms in total. The molecule has 0 fully saturated rings. The highest BCUT2D eigenvalue weighted by Crippen LogP contribution is 2.14. The molecule has 1 rings (SSSR count). The van der Waals surface area contributed by atoms with Crippen molar-refractivity contribution in [3.63, 3.8) is 0 Å². The zero-order valence-corrected chi connectivity index (χ0v) is 11.0. The normalized spacial score (nSPS) is 10.2. The number of nitrogens with zero attached hydrogens (tertiary/aromatic N) is 2. The van der Waals surface area contributed by atoms with Gasteiger partial charge in [0.1, 0.15) is 6.54 Å². The van der Waals surface area contributed by atoms with Crippen LogP contribution < -0.4 is 10.9 Å². The summed E-state index contributed by atoms with van der Waals surface area (Å²) in [7, 11) is 0. The maximum absolute atomic E-state index is 11.6. The monoisotopic (exact) mass is 267 g/mol. The van der Waals surface area contributed by atoms with Crippen LogP contribution in [0.2, 0.25) is 0 Å². The van der Waals surface area contributed by atoms with E-state index in [-0.39, 0.29) is 23.8 Å². The Bertz CT molecular complexity index is 536.